The van der Waals surface area contributed by atoms with Gasteiger partial charge in [0.1, 0.15) is 9.84 Å². The monoisotopic (exact) mass is 416 g/mol. The molecule has 0 radical (unpaired) electrons. The van der Waals surface area contributed by atoms with E-state index in [0.29, 0.717) is 6.54 Å². The van der Waals surface area contributed by atoms with Crippen LogP contribution in [0.1, 0.15) is 12.0 Å². The van der Waals surface area contributed by atoms with Gasteiger partial charge in [-0.3, -0.25) is 4.79 Å². The molecule has 144 valence electrons. The van der Waals surface area contributed by atoms with Crippen LogP contribution in [0.15, 0.2) is 42.5 Å². The molecule has 1 atom stereocenters. The van der Waals surface area contributed by atoms with Gasteiger partial charge in [-0.1, -0.05) is 42.5 Å². The zero-order chi connectivity index (χ0) is 18.3. The lowest BCUT2D eigenvalue weighted by Gasteiger charge is -2.12. The molecule has 3 N–H and O–H groups in total. The molecule has 5 nitrogen and oxygen atoms in total. The number of hydrogen-bond acceptors (Lipinski definition) is 5. The quantitative estimate of drug-likeness (QED) is 0.612. The molecule has 0 aliphatic heterocycles. The van der Waals surface area contributed by atoms with Crippen molar-refractivity contribution in [3.8, 4) is 0 Å². The molecule has 0 saturated heterocycles. The Morgan fingerprint density at radius 2 is 1.88 bits per heavy atom. The van der Waals surface area contributed by atoms with Crippen LogP contribution in [0.2, 0.25) is 0 Å². The number of nitrogens with one attached hydrogen (secondary N) is 1. The SMILES string of the molecule is CS(=O)(=O)CCC(N)C(=O)NCCSCc1cccc2ccccc12.Cl. The lowest BCUT2D eigenvalue weighted by molar-refractivity contribution is -0.122. The second-order valence-electron chi connectivity index (χ2n) is 6.01. The number of amides is 1. The third kappa shape index (κ3) is 7.53. The number of halogens is 1. The van der Waals surface area contributed by atoms with Crippen LogP contribution in [0.25, 0.3) is 10.8 Å². The van der Waals surface area contributed by atoms with Gasteiger partial charge in [-0.05, 0) is 22.8 Å². The van der Waals surface area contributed by atoms with Crippen LogP contribution in [0.4, 0.5) is 0 Å². The fraction of sp³-hybridized carbons (Fsp3) is 0.389. The highest BCUT2D eigenvalue weighted by atomic mass is 35.5. The number of fused-ring (bicyclic) bond motifs is 1. The summed E-state index contributed by atoms with van der Waals surface area (Å²) in [6, 6.07) is 13.8. The number of carbonyl (C=O) groups is 1. The van der Waals surface area contributed by atoms with Crippen molar-refractivity contribution in [3.05, 3.63) is 48.0 Å². The average molecular weight is 417 g/mol. The van der Waals surface area contributed by atoms with Crippen molar-refractivity contribution in [2.45, 2.75) is 18.2 Å². The number of benzene rings is 2. The molecule has 0 spiro atoms. The van der Waals surface area contributed by atoms with E-state index < -0.39 is 15.9 Å². The molecule has 2 rings (SSSR count). The maximum atomic E-state index is 11.8. The first-order valence-corrected chi connectivity index (χ1v) is 11.3. The first-order valence-electron chi connectivity index (χ1n) is 8.12. The van der Waals surface area contributed by atoms with Gasteiger partial charge in [0.05, 0.1) is 11.8 Å². The summed E-state index contributed by atoms with van der Waals surface area (Å²) >= 11 is 1.74. The Bertz CT molecular complexity index is 823. The highest BCUT2D eigenvalue weighted by Gasteiger charge is 2.15. The van der Waals surface area contributed by atoms with Crippen LogP contribution in [-0.2, 0) is 20.4 Å². The zero-order valence-corrected chi connectivity index (χ0v) is 17.1. The smallest absolute Gasteiger partial charge is 0.236 e. The molecule has 1 amide bonds. The molecular formula is C18H25ClN2O3S2. The Labute approximate surface area is 165 Å². The van der Waals surface area contributed by atoms with Crippen molar-refractivity contribution in [1.29, 1.82) is 0 Å². The van der Waals surface area contributed by atoms with E-state index in [4.69, 9.17) is 5.73 Å². The zero-order valence-electron chi connectivity index (χ0n) is 14.7. The second kappa shape index (κ2) is 10.8. The highest BCUT2D eigenvalue weighted by Crippen LogP contribution is 2.22. The van der Waals surface area contributed by atoms with E-state index >= 15 is 0 Å². The maximum absolute atomic E-state index is 11.8. The van der Waals surface area contributed by atoms with Gasteiger partial charge in [-0.25, -0.2) is 8.42 Å². The highest BCUT2D eigenvalue weighted by molar-refractivity contribution is 7.98. The fourth-order valence-corrected chi connectivity index (χ4v) is 3.99. The van der Waals surface area contributed by atoms with E-state index in [1.54, 1.807) is 11.8 Å². The van der Waals surface area contributed by atoms with Gasteiger partial charge in [0, 0.05) is 24.3 Å². The van der Waals surface area contributed by atoms with Crippen molar-refractivity contribution in [1.82, 2.24) is 5.32 Å². The minimum absolute atomic E-state index is 0. The van der Waals surface area contributed by atoms with Crippen molar-refractivity contribution >= 4 is 50.7 Å². The molecular weight excluding hydrogens is 392 g/mol. The van der Waals surface area contributed by atoms with Crippen molar-refractivity contribution in [2.75, 3.05) is 24.3 Å². The third-order valence-electron chi connectivity index (χ3n) is 3.82. The van der Waals surface area contributed by atoms with E-state index in [-0.39, 0.29) is 30.5 Å². The Morgan fingerprint density at radius 3 is 2.62 bits per heavy atom. The number of rotatable bonds is 9. The predicted molar refractivity (Wildman–Crippen MR) is 113 cm³/mol. The lowest BCUT2D eigenvalue weighted by Crippen LogP contribution is -2.42. The number of sulfone groups is 1. The normalized spacial score (nSPS) is 12.4. The molecule has 8 heteroatoms. The maximum Gasteiger partial charge on any atom is 0.236 e. The van der Waals surface area contributed by atoms with E-state index in [9.17, 15) is 13.2 Å². The number of nitrogens with two attached hydrogens (primary N) is 1. The minimum atomic E-state index is -3.09. The Kier molecular flexibility index (Phi) is 9.43. The summed E-state index contributed by atoms with van der Waals surface area (Å²) in [5, 5.41) is 5.24. The van der Waals surface area contributed by atoms with Crippen LogP contribution in [0.3, 0.4) is 0 Å². The summed E-state index contributed by atoms with van der Waals surface area (Å²) in [5.74, 6) is 1.28. The molecule has 0 bridgehead atoms. The molecule has 1 unspecified atom stereocenters. The number of hydrogen-bond donors (Lipinski definition) is 2. The van der Waals surface area contributed by atoms with E-state index in [2.05, 4.69) is 35.6 Å². The number of thioether (sulfide) groups is 1. The molecule has 0 aromatic heterocycles. The summed E-state index contributed by atoms with van der Waals surface area (Å²) in [5.41, 5.74) is 6.99. The molecule has 0 fully saturated rings. The van der Waals surface area contributed by atoms with Crippen LogP contribution >= 0.6 is 24.2 Å². The van der Waals surface area contributed by atoms with Gasteiger partial charge < -0.3 is 11.1 Å². The van der Waals surface area contributed by atoms with E-state index in [0.717, 1.165) is 17.8 Å². The molecule has 0 heterocycles. The summed E-state index contributed by atoms with van der Waals surface area (Å²) in [6.45, 7) is 0.515. The van der Waals surface area contributed by atoms with Crippen LogP contribution in [0.5, 0.6) is 0 Å². The average Bonchev–Trinajstić information content (AvgIpc) is 2.58. The van der Waals surface area contributed by atoms with Crippen LogP contribution in [-0.4, -0.2) is 44.7 Å². The Hall–Kier alpha value is -1.28. The van der Waals surface area contributed by atoms with Crippen LogP contribution in [0, 0.1) is 0 Å². The topological polar surface area (TPSA) is 89.3 Å². The van der Waals surface area contributed by atoms with Gasteiger partial charge in [-0.2, -0.15) is 11.8 Å². The fourth-order valence-electron chi connectivity index (χ4n) is 2.45. The van der Waals surface area contributed by atoms with Gasteiger partial charge in [0.15, 0.2) is 0 Å². The van der Waals surface area contributed by atoms with Crippen molar-refractivity contribution < 1.29 is 13.2 Å². The Balaban J connectivity index is 0.00000338. The molecule has 0 aliphatic rings. The number of carbonyl (C=O) groups excluding carboxylic acids is 1. The summed E-state index contributed by atoms with van der Waals surface area (Å²) in [4.78, 5) is 11.8. The largest absolute Gasteiger partial charge is 0.354 e. The minimum Gasteiger partial charge on any atom is -0.354 e. The van der Waals surface area contributed by atoms with Crippen LogP contribution < -0.4 is 11.1 Å². The Morgan fingerprint density at radius 1 is 1.19 bits per heavy atom. The molecule has 2 aromatic carbocycles. The first kappa shape index (κ1) is 22.8. The standard InChI is InChI=1S/C18H24N2O3S2.ClH/c1-25(22,23)12-9-17(19)18(21)20-10-11-24-13-15-7-4-6-14-5-2-3-8-16(14)15;/h2-8,17H,9-13,19H2,1H3,(H,20,21);1H. The van der Waals surface area contributed by atoms with Crippen molar-refractivity contribution in [3.63, 3.8) is 0 Å². The summed E-state index contributed by atoms with van der Waals surface area (Å²) in [7, 11) is -3.09. The predicted octanol–water partition coefficient (Wildman–Crippen LogP) is 2.37. The lowest BCUT2D eigenvalue weighted by atomic mass is 10.1. The summed E-state index contributed by atoms with van der Waals surface area (Å²) < 4.78 is 22.2. The third-order valence-corrected chi connectivity index (χ3v) is 5.80. The first-order chi connectivity index (χ1) is 11.9. The van der Waals surface area contributed by atoms with E-state index in [1.807, 2.05) is 12.1 Å². The molecule has 0 saturated carbocycles. The molecule has 2 aromatic rings. The summed E-state index contributed by atoms with van der Waals surface area (Å²) in [6.07, 6.45) is 1.29. The van der Waals surface area contributed by atoms with Gasteiger partial charge in [-0.15, -0.1) is 12.4 Å². The molecule has 0 aliphatic carbocycles. The van der Waals surface area contributed by atoms with Gasteiger partial charge in [0.2, 0.25) is 5.91 Å². The second-order valence-corrected chi connectivity index (χ2v) is 9.37. The van der Waals surface area contributed by atoms with Gasteiger partial charge >= 0.3 is 0 Å². The van der Waals surface area contributed by atoms with Crippen molar-refractivity contribution in [2.24, 2.45) is 5.73 Å². The molecule has 26 heavy (non-hydrogen) atoms. The van der Waals surface area contributed by atoms with E-state index in [1.165, 1.54) is 16.3 Å². The van der Waals surface area contributed by atoms with Gasteiger partial charge in [0.25, 0.3) is 0 Å².